The first kappa shape index (κ1) is 27.4. The van der Waals surface area contributed by atoms with Crippen LogP contribution in [0.3, 0.4) is 0 Å². The van der Waals surface area contributed by atoms with Crippen molar-refractivity contribution < 1.29 is 22.2 Å². The van der Waals surface area contributed by atoms with Crippen LogP contribution in [-0.2, 0) is 10.8 Å². The Morgan fingerprint density at radius 3 is 2.65 bits per heavy atom. The fourth-order valence-electron chi connectivity index (χ4n) is 4.29. The van der Waals surface area contributed by atoms with Crippen LogP contribution in [0.25, 0.3) is 17.4 Å². The molecule has 4 aromatic rings. The molecule has 40 heavy (non-hydrogen) atoms. The summed E-state index contributed by atoms with van der Waals surface area (Å²) in [5.74, 6) is -0.530. The number of hydrogen-bond donors (Lipinski definition) is 3. The fraction of sp³-hybridized carbons (Fsp3) is 0.375. The molecule has 1 aliphatic rings. The molecule has 3 aromatic heterocycles. The monoisotopic (exact) mass is 574 g/mol. The van der Waals surface area contributed by atoms with Gasteiger partial charge in [-0.25, -0.2) is 8.78 Å². The van der Waals surface area contributed by atoms with Gasteiger partial charge in [-0.05, 0) is 18.2 Å². The van der Waals surface area contributed by atoms with Gasteiger partial charge in [-0.3, -0.25) is 13.9 Å². The smallest absolute Gasteiger partial charge is 0.259 e. The van der Waals surface area contributed by atoms with Crippen molar-refractivity contribution in [3.05, 3.63) is 47.7 Å². The number of anilines is 3. The second-order valence-corrected chi connectivity index (χ2v) is 10.7. The summed E-state index contributed by atoms with van der Waals surface area (Å²) in [6, 6.07) is 5.43. The third-order valence-electron chi connectivity index (χ3n) is 6.36. The van der Waals surface area contributed by atoms with Gasteiger partial charge < -0.3 is 25.7 Å². The number of amides is 1. The van der Waals surface area contributed by atoms with Gasteiger partial charge in [-0.15, -0.1) is 5.10 Å². The molecule has 4 N–H and O–H groups in total. The van der Waals surface area contributed by atoms with Crippen LogP contribution < -0.4 is 21.3 Å². The Balaban J connectivity index is 1.15. The highest BCUT2D eigenvalue weighted by Gasteiger charge is 2.23. The maximum Gasteiger partial charge on any atom is 0.259 e. The number of halogens is 2. The Kier molecular flexibility index (Phi) is 8.16. The van der Waals surface area contributed by atoms with Gasteiger partial charge in [0.25, 0.3) is 11.7 Å². The fourth-order valence-corrected chi connectivity index (χ4v) is 4.68. The number of fused-ring (bicyclic) bond motifs is 1. The van der Waals surface area contributed by atoms with Gasteiger partial charge in [-0.1, -0.05) is 0 Å². The van der Waals surface area contributed by atoms with Gasteiger partial charge in [0.1, 0.15) is 11.6 Å². The number of nitrogen functional groups attached to an aromatic ring is 1. The van der Waals surface area contributed by atoms with Crippen LogP contribution in [0.1, 0.15) is 10.4 Å². The summed E-state index contributed by atoms with van der Waals surface area (Å²) < 4.78 is 46.8. The molecule has 0 unspecified atom stereocenters. The van der Waals surface area contributed by atoms with Crippen molar-refractivity contribution in [2.45, 2.75) is 0 Å². The van der Waals surface area contributed by atoms with Crippen LogP contribution in [0.4, 0.5) is 26.4 Å². The van der Waals surface area contributed by atoms with Crippen LogP contribution in [-0.4, -0.2) is 97.4 Å². The highest BCUT2D eigenvalue weighted by molar-refractivity contribution is 7.84. The number of benzene rings is 1. The molecular formula is C24H28F2N10O3S. The quantitative estimate of drug-likeness (QED) is 0.248. The van der Waals surface area contributed by atoms with E-state index < -0.39 is 28.3 Å². The van der Waals surface area contributed by atoms with Crippen LogP contribution in [0.15, 0.2) is 34.9 Å². The number of nitrogens with zero attached hydrogens (tertiary/aromatic N) is 7. The lowest BCUT2D eigenvalue weighted by Crippen LogP contribution is -2.48. The molecule has 1 saturated heterocycles. The second kappa shape index (κ2) is 11.9. The number of carbonyl (C=O) groups excluding carboxylic acids is 1. The van der Waals surface area contributed by atoms with Gasteiger partial charge in [0, 0.05) is 74.7 Å². The summed E-state index contributed by atoms with van der Waals surface area (Å²) in [6.07, 6.45) is 3.04. The first-order valence-electron chi connectivity index (χ1n) is 12.5. The SMILES string of the molecule is C[S@](=O)CCNC(=O)c1cc(N2CCN(CCNc3nc(N)n4nc(-c5ccco5)nc4n3)CC2)c(F)cc1F. The first-order valence-corrected chi connectivity index (χ1v) is 14.2. The molecule has 1 aromatic carbocycles. The average Bonchev–Trinajstić information content (AvgIpc) is 3.60. The molecule has 0 bridgehead atoms. The van der Waals surface area contributed by atoms with Crippen molar-refractivity contribution in [1.82, 2.24) is 34.8 Å². The molecule has 5 rings (SSSR count). The molecule has 212 valence electrons. The molecule has 1 aliphatic heterocycles. The van der Waals surface area contributed by atoms with E-state index >= 15 is 0 Å². The summed E-state index contributed by atoms with van der Waals surface area (Å²) in [4.78, 5) is 29.3. The molecule has 13 nitrogen and oxygen atoms in total. The number of furan rings is 1. The molecule has 16 heteroatoms. The molecule has 0 radical (unpaired) electrons. The van der Waals surface area contributed by atoms with Gasteiger partial charge in [-0.2, -0.15) is 19.5 Å². The minimum absolute atomic E-state index is 0.126. The van der Waals surface area contributed by atoms with Crippen molar-refractivity contribution in [1.29, 1.82) is 0 Å². The molecule has 1 amide bonds. The van der Waals surface area contributed by atoms with Crippen molar-refractivity contribution in [3.63, 3.8) is 0 Å². The van der Waals surface area contributed by atoms with E-state index in [2.05, 4.69) is 35.6 Å². The van der Waals surface area contributed by atoms with E-state index in [0.717, 1.165) is 6.07 Å². The Labute approximate surface area is 230 Å². The number of nitrogens with two attached hydrogens (primary N) is 1. The Morgan fingerprint density at radius 1 is 1.12 bits per heavy atom. The van der Waals surface area contributed by atoms with Crippen LogP contribution in [0, 0.1) is 11.6 Å². The van der Waals surface area contributed by atoms with E-state index in [-0.39, 0.29) is 35.3 Å². The van der Waals surface area contributed by atoms with Crippen molar-refractivity contribution in [2.24, 2.45) is 0 Å². The number of nitrogens with one attached hydrogen (secondary N) is 2. The highest BCUT2D eigenvalue weighted by Crippen LogP contribution is 2.25. The van der Waals surface area contributed by atoms with E-state index in [1.165, 1.54) is 23.1 Å². The lowest BCUT2D eigenvalue weighted by molar-refractivity contribution is 0.0952. The summed E-state index contributed by atoms with van der Waals surface area (Å²) in [6.45, 7) is 3.54. The average molecular weight is 575 g/mol. The summed E-state index contributed by atoms with van der Waals surface area (Å²) in [5.41, 5.74) is 5.95. The van der Waals surface area contributed by atoms with Crippen LogP contribution in [0.5, 0.6) is 0 Å². The number of hydrogen-bond acceptors (Lipinski definition) is 11. The van der Waals surface area contributed by atoms with E-state index in [4.69, 9.17) is 10.2 Å². The summed E-state index contributed by atoms with van der Waals surface area (Å²) in [5, 5.41) is 9.94. The zero-order chi connectivity index (χ0) is 28.2. The zero-order valence-electron chi connectivity index (χ0n) is 21.6. The molecule has 1 fully saturated rings. The third-order valence-corrected chi connectivity index (χ3v) is 7.13. The molecular weight excluding hydrogens is 546 g/mol. The van der Waals surface area contributed by atoms with Gasteiger partial charge >= 0.3 is 0 Å². The first-order chi connectivity index (χ1) is 19.3. The van der Waals surface area contributed by atoms with Gasteiger partial charge in [0.2, 0.25) is 17.7 Å². The number of rotatable bonds is 10. The standard InChI is InChI=1S/C24H28F2N10O3S/c1-40(38)12-5-28-21(37)15-13-18(17(26)14-16(15)25)35-9-7-34(8-10-35)6-4-29-23-31-22(27)36-24(32-23)30-20(33-36)19-3-2-11-39-19/h2-3,11,13-14H,4-10,12H2,1H3,(H,28,37)(H3,27,29,30,31,32,33)/t40-/m0/s1. The lowest BCUT2D eigenvalue weighted by atomic mass is 10.1. The number of aromatic nitrogens is 5. The van der Waals surface area contributed by atoms with E-state index in [0.29, 0.717) is 56.8 Å². The maximum atomic E-state index is 14.6. The minimum atomic E-state index is -1.09. The van der Waals surface area contributed by atoms with Crippen molar-refractivity contribution in [3.8, 4) is 11.6 Å². The maximum absolute atomic E-state index is 14.6. The van der Waals surface area contributed by atoms with E-state index in [1.54, 1.807) is 17.0 Å². The predicted molar refractivity (Wildman–Crippen MR) is 145 cm³/mol. The predicted octanol–water partition coefficient (Wildman–Crippen LogP) is 0.982. The Bertz CT molecular complexity index is 1520. The molecule has 0 spiro atoms. The molecule has 1 atom stereocenters. The van der Waals surface area contributed by atoms with E-state index in [9.17, 15) is 17.8 Å². The largest absolute Gasteiger partial charge is 0.461 e. The van der Waals surface area contributed by atoms with E-state index in [1.807, 2.05) is 0 Å². The normalized spacial score (nSPS) is 14.9. The molecule has 0 aliphatic carbocycles. The van der Waals surface area contributed by atoms with Gasteiger partial charge in [0.15, 0.2) is 5.76 Å². The van der Waals surface area contributed by atoms with Crippen LogP contribution in [0.2, 0.25) is 0 Å². The summed E-state index contributed by atoms with van der Waals surface area (Å²) >= 11 is 0. The van der Waals surface area contributed by atoms with Crippen molar-refractivity contribution in [2.75, 3.05) is 73.8 Å². The zero-order valence-corrected chi connectivity index (χ0v) is 22.5. The number of piperazine rings is 1. The second-order valence-electron chi connectivity index (χ2n) is 9.10. The van der Waals surface area contributed by atoms with Gasteiger partial charge in [0.05, 0.1) is 17.5 Å². The Morgan fingerprint density at radius 2 is 1.93 bits per heavy atom. The number of carbonyl (C=O) groups is 1. The molecule has 4 heterocycles. The van der Waals surface area contributed by atoms with Crippen LogP contribution >= 0.6 is 0 Å². The Hall–Kier alpha value is -4.18. The molecule has 0 saturated carbocycles. The topological polar surface area (TPSA) is 160 Å². The highest BCUT2D eigenvalue weighted by atomic mass is 32.2. The lowest BCUT2D eigenvalue weighted by Gasteiger charge is -2.36. The minimum Gasteiger partial charge on any atom is -0.461 e. The third kappa shape index (κ3) is 6.17. The summed E-state index contributed by atoms with van der Waals surface area (Å²) in [7, 11) is -1.09. The van der Waals surface area contributed by atoms with Crippen molar-refractivity contribution >= 4 is 40.1 Å².